The molecule has 16 heavy (non-hydrogen) atoms. The van der Waals surface area contributed by atoms with Crippen LogP contribution in [0.2, 0.25) is 0 Å². The molecule has 0 heterocycles. The molecule has 1 aromatic carbocycles. The molecule has 1 rings (SSSR count). The van der Waals surface area contributed by atoms with E-state index in [1.54, 1.807) is 0 Å². The number of likely N-dealkylation sites (N-methyl/N-ethyl adjacent to an activating group) is 1. The lowest BCUT2D eigenvalue weighted by atomic mass is 10.00. The number of halogens is 2. The monoisotopic (exact) mass is 290 g/mol. The van der Waals surface area contributed by atoms with Gasteiger partial charge >= 0.3 is 5.97 Å². The molecule has 6 heteroatoms. The van der Waals surface area contributed by atoms with Gasteiger partial charge in [0.05, 0.1) is 6.04 Å². The highest BCUT2D eigenvalue weighted by Crippen LogP contribution is 2.22. The molecule has 0 aliphatic heterocycles. The van der Waals surface area contributed by atoms with Crippen molar-refractivity contribution in [1.82, 2.24) is 5.32 Å². The molecule has 0 radical (unpaired) electrons. The fraction of sp³-hybridized carbons (Fsp3) is 0.300. The number of carbonyl (C=O) groups is 1. The van der Waals surface area contributed by atoms with E-state index < -0.39 is 23.9 Å². The Kier molecular flexibility index (Phi) is 4.40. The van der Waals surface area contributed by atoms with Crippen LogP contribution < -0.4 is 11.1 Å². The van der Waals surface area contributed by atoms with E-state index in [9.17, 15) is 9.18 Å². The maximum absolute atomic E-state index is 13.5. The first kappa shape index (κ1) is 13.1. The largest absolute Gasteiger partial charge is 0.480 e. The molecule has 1 aromatic rings. The molecule has 0 aromatic heterocycles. The summed E-state index contributed by atoms with van der Waals surface area (Å²) in [5.74, 6) is -1.63. The Labute approximate surface area is 101 Å². The molecular formula is C10H12BrFN2O2. The summed E-state index contributed by atoms with van der Waals surface area (Å²) >= 11 is 3.18. The highest BCUT2D eigenvalue weighted by molar-refractivity contribution is 9.10. The van der Waals surface area contributed by atoms with Gasteiger partial charge in [0.15, 0.2) is 0 Å². The van der Waals surface area contributed by atoms with E-state index in [2.05, 4.69) is 21.2 Å². The number of nitrogens with one attached hydrogen (secondary N) is 1. The Bertz CT molecular complexity index is 400. The number of hydrogen-bond donors (Lipinski definition) is 3. The molecule has 4 nitrogen and oxygen atoms in total. The number of hydrogen-bond acceptors (Lipinski definition) is 3. The molecule has 0 spiro atoms. The van der Waals surface area contributed by atoms with Gasteiger partial charge in [-0.3, -0.25) is 4.79 Å². The van der Waals surface area contributed by atoms with E-state index in [1.165, 1.54) is 25.2 Å². The van der Waals surface area contributed by atoms with Crippen molar-refractivity contribution in [3.63, 3.8) is 0 Å². The molecule has 0 fully saturated rings. The molecule has 0 saturated carbocycles. The van der Waals surface area contributed by atoms with Crippen molar-refractivity contribution in [3.8, 4) is 0 Å². The fourth-order valence-electron chi connectivity index (χ4n) is 1.41. The van der Waals surface area contributed by atoms with E-state index in [-0.39, 0.29) is 5.56 Å². The first-order valence-electron chi connectivity index (χ1n) is 4.58. The van der Waals surface area contributed by atoms with Gasteiger partial charge in [-0.2, -0.15) is 0 Å². The van der Waals surface area contributed by atoms with E-state index in [4.69, 9.17) is 10.8 Å². The first-order valence-corrected chi connectivity index (χ1v) is 5.37. The van der Waals surface area contributed by atoms with E-state index in [1.807, 2.05) is 0 Å². The van der Waals surface area contributed by atoms with Crippen LogP contribution in [-0.4, -0.2) is 24.2 Å². The van der Waals surface area contributed by atoms with Crippen molar-refractivity contribution < 1.29 is 14.3 Å². The van der Waals surface area contributed by atoms with Crippen LogP contribution in [0, 0.1) is 5.82 Å². The zero-order chi connectivity index (χ0) is 12.3. The summed E-state index contributed by atoms with van der Waals surface area (Å²) in [5.41, 5.74) is 5.88. The minimum atomic E-state index is -1.12. The third kappa shape index (κ3) is 2.78. The highest BCUT2D eigenvalue weighted by Gasteiger charge is 2.26. The van der Waals surface area contributed by atoms with E-state index in [0.717, 1.165) is 0 Å². The molecule has 0 aliphatic rings. The Hall–Kier alpha value is -0.980. The van der Waals surface area contributed by atoms with Crippen molar-refractivity contribution in [1.29, 1.82) is 0 Å². The van der Waals surface area contributed by atoms with Crippen LogP contribution in [0.15, 0.2) is 22.7 Å². The molecule has 88 valence electrons. The molecule has 2 atom stereocenters. The van der Waals surface area contributed by atoms with E-state index >= 15 is 0 Å². The van der Waals surface area contributed by atoms with Crippen LogP contribution in [0.3, 0.4) is 0 Å². The van der Waals surface area contributed by atoms with Crippen LogP contribution >= 0.6 is 15.9 Å². The van der Waals surface area contributed by atoms with Crippen LogP contribution in [0.5, 0.6) is 0 Å². The average molecular weight is 291 g/mol. The van der Waals surface area contributed by atoms with Gasteiger partial charge in [-0.05, 0) is 25.2 Å². The topological polar surface area (TPSA) is 75.3 Å². The predicted octanol–water partition coefficient (Wildman–Crippen LogP) is 1.26. The van der Waals surface area contributed by atoms with Crippen LogP contribution in [0.25, 0.3) is 0 Å². The summed E-state index contributed by atoms with van der Waals surface area (Å²) in [6.45, 7) is 0. The van der Waals surface area contributed by atoms with Gasteiger partial charge < -0.3 is 16.2 Å². The second kappa shape index (κ2) is 5.38. The van der Waals surface area contributed by atoms with Crippen LogP contribution in [0.4, 0.5) is 4.39 Å². The second-order valence-electron chi connectivity index (χ2n) is 3.30. The van der Waals surface area contributed by atoms with Crippen molar-refractivity contribution in [2.75, 3.05) is 7.05 Å². The minimum absolute atomic E-state index is 0.163. The molecule has 2 unspecified atom stereocenters. The number of aliphatic carboxylic acids is 1. The summed E-state index contributed by atoms with van der Waals surface area (Å²) in [7, 11) is 1.47. The van der Waals surface area contributed by atoms with Gasteiger partial charge in [0.25, 0.3) is 0 Å². The minimum Gasteiger partial charge on any atom is -0.480 e. The van der Waals surface area contributed by atoms with Crippen molar-refractivity contribution in [3.05, 3.63) is 34.1 Å². The maximum Gasteiger partial charge on any atom is 0.322 e. The zero-order valence-electron chi connectivity index (χ0n) is 8.58. The predicted molar refractivity (Wildman–Crippen MR) is 61.5 cm³/mol. The lowest BCUT2D eigenvalue weighted by Gasteiger charge is -2.20. The highest BCUT2D eigenvalue weighted by atomic mass is 79.9. The average Bonchev–Trinajstić information content (AvgIpc) is 2.22. The number of nitrogens with two attached hydrogens (primary N) is 1. The molecule has 4 N–H and O–H groups in total. The van der Waals surface area contributed by atoms with E-state index in [0.29, 0.717) is 4.47 Å². The Morgan fingerprint density at radius 1 is 1.62 bits per heavy atom. The van der Waals surface area contributed by atoms with Crippen molar-refractivity contribution in [2.45, 2.75) is 12.1 Å². The standard InChI is InChI=1S/C10H12BrFN2O2/c1-14-9(10(15)16)8(13)6-4-5(11)2-3-7(6)12/h2-4,8-9,14H,13H2,1H3,(H,15,16). The molecular weight excluding hydrogens is 279 g/mol. The van der Waals surface area contributed by atoms with Crippen molar-refractivity contribution in [2.24, 2.45) is 5.73 Å². The number of carboxylic acid groups (broad SMARTS) is 1. The maximum atomic E-state index is 13.5. The summed E-state index contributed by atoms with van der Waals surface area (Å²) in [6.07, 6.45) is 0. The molecule has 0 amide bonds. The lowest BCUT2D eigenvalue weighted by Crippen LogP contribution is -2.43. The quantitative estimate of drug-likeness (QED) is 0.780. The number of benzene rings is 1. The van der Waals surface area contributed by atoms with Gasteiger partial charge in [0.2, 0.25) is 0 Å². The van der Waals surface area contributed by atoms with Crippen molar-refractivity contribution >= 4 is 21.9 Å². The number of rotatable bonds is 4. The zero-order valence-corrected chi connectivity index (χ0v) is 10.2. The van der Waals surface area contributed by atoms with Gasteiger partial charge in [0.1, 0.15) is 11.9 Å². The fourth-order valence-corrected chi connectivity index (χ4v) is 1.79. The molecule has 0 bridgehead atoms. The molecule has 0 saturated heterocycles. The third-order valence-corrected chi connectivity index (χ3v) is 2.75. The van der Waals surface area contributed by atoms with Gasteiger partial charge in [-0.1, -0.05) is 15.9 Å². The van der Waals surface area contributed by atoms with Crippen LogP contribution in [0.1, 0.15) is 11.6 Å². The van der Waals surface area contributed by atoms with Crippen LogP contribution in [-0.2, 0) is 4.79 Å². The Balaban J connectivity index is 3.07. The third-order valence-electron chi connectivity index (χ3n) is 2.25. The Morgan fingerprint density at radius 3 is 2.75 bits per heavy atom. The second-order valence-corrected chi connectivity index (χ2v) is 4.21. The van der Waals surface area contributed by atoms with Gasteiger partial charge in [0, 0.05) is 10.0 Å². The SMILES string of the molecule is CNC(C(=O)O)C(N)c1cc(Br)ccc1F. The van der Waals surface area contributed by atoms with Gasteiger partial charge in [-0.15, -0.1) is 0 Å². The number of carboxylic acids is 1. The summed E-state index contributed by atoms with van der Waals surface area (Å²) in [4.78, 5) is 10.9. The summed E-state index contributed by atoms with van der Waals surface area (Å²) in [5, 5.41) is 11.4. The molecule has 0 aliphatic carbocycles. The summed E-state index contributed by atoms with van der Waals surface area (Å²) in [6, 6.07) is 2.28. The first-order chi connectivity index (χ1) is 7.47. The Morgan fingerprint density at radius 2 is 2.25 bits per heavy atom. The normalized spacial score (nSPS) is 14.5. The summed E-state index contributed by atoms with van der Waals surface area (Å²) < 4.78 is 14.1. The smallest absolute Gasteiger partial charge is 0.322 e. The van der Waals surface area contributed by atoms with Gasteiger partial charge in [-0.25, -0.2) is 4.39 Å². The lowest BCUT2D eigenvalue weighted by molar-refractivity contribution is -0.139.